The van der Waals surface area contributed by atoms with Gasteiger partial charge in [-0.3, -0.25) is 4.79 Å². The van der Waals surface area contributed by atoms with Gasteiger partial charge in [-0.05, 0) is 18.8 Å². The second kappa shape index (κ2) is 5.75. The van der Waals surface area contributed by atoms with Crippen LogP contribution in [0.4, 0.5) is 0 Å². The second-order valence-corrected chi connectivity index (χ2v) is 5.96. The van der Waals surface area contributed by atoms with Gasteiger partial charge in [-0.1, -0.05) is 27.7 Å². The van der Waals surface area contributed by atoms with Crippen LogP contribution in [0.15, 0.2) is 0 Å². The largest absolute Gasteiger partial charge is 0.480 e. The average Bonchev–Trinajstić information content (AvgIpc) is 2.02. The molecule has 0 aliphatic carbocycles. The van der Waals surface area contributed by atoms with Gasteiger partial charge in [0.05, 0.1) is 5.60 Å². The van der Waals surface area contributed by atoms with Crippen molar-refractivity contribution in [1.29, 1.82) is 0 Å². The van der Waals surface area contributed by atoms with Gasteiger partial charge in [0.1, 0.15) is 5.25 Å². The Hall–Kier alpha value is -0.220. The zero-order valence-electron chi connectivity index (χ0n) is 10.2. The van der Waals surface area contributed by atoms with Gasteiger partial charge in [0.15, 0.2) is 0 Å². The molecule has 0 aromatic rings. The van der Waals surface area contributed by atoms with Crippen LogP contribution in [0.3, 0.4) is 0 Å². The number of aliphatic carboxylic acids is 1. The minimum Gasteiger partial charge on any atom is -0.480 e. The summed E-state index contributed by atoms with van der Waals surface area (Å²) >= 11 is 1.32. The van der Waals surface area contributed by atoms with E-state index in [1.165, 1.54) is 11.8 Å². The number of carbonyl (C=O) groups is 1. The summed E-state index contributed by atoms with van der Waals surface area (Å²) in [4.78, 5) is 10.9. The molecule has 15 heavy (non-hydrogen) atoms. The van der Waals surface area contributed by atoms with Gasteiger partial charge in [-0.2, -0.15) is 0 Å². The second-order valence-electron chi connectivity index (χ2n) is 4.83. The Kier molecular flexibility index (Phi) is 5.67. The maximum atomic E-state index is 10.9. The van der Waals surface area contributed by atoms with Crippen molar-refractivity contribution in [2.75, 3.05) is 5.75 Å². The maximum absolute atomic E-state index is 10.9. The van der Waals surface area contributed by atoms with Crippen molar-refractivity contribution in [3.8, 4) is 0 Å². The van der Waals surface area contributed by atoms with Crippen LogP contribution in [0.2, 0.25) is 0 Å². The molecule has 0 saturated heterocycles. The van der Waals surface area contributed by atoms with E-state index in [9.17, 15) is 9.90 Å². The van der Waals surface area contributed by atoms with E-state index in [0.29, 0.717) is 5.75 Å². The van der Waals surface area contributed by atoms with Gasteiger partial charge in [-0.15, -0.1) is 11.8 Å². The average molecular weight is 234 g/mol. The summed E-state index contributed by atoms with van der Waals surface area (Å²) in [7, 11) is 0. The number of rotatable bonds is 6. The van der Waals surface area contributed by atoms with Crippen LogP contribution in [0, 0.1) is 11.8 Å². The Bertz CT molecular complexity index is 212. The van der Waals surface area contributed by atoms with Crippen molar-refractivity contribution >= 4 is 17.7 Å². The number of aliphatic hydroxyl groups is 1. The van der Waals surface area contributed by atoms with E-state index in [1.807, 2.05) is 27.7 Å². The Morgan fingerprint density at radius 2 is 1.80 bits per heavy atom. The zero-order valence-corrected chi connectivity index (χ0v) is 11.0. The molecular weight excluding hydrogens is 212 g/mol. The van der Waals surface area contributed by atoms with Crippen LogP contribution < -0.4 is 0 Å². The Morgan fingerprint density at radius 3 is 2.07 bits per heavy atom. The zero-order chi connectivity index (χ0) is 12.2. The smallest absolute Gasteiger partial charge is 0.316 e. The van der Waals surface area contributed by atoms with Crippen molar-refractivity contribution in [3.05, 3.63) is 0 Å². The predicted molar refractivity (Wildman–Crippen MR) is 64.2 cm³/mol. The molecular formula is C11H22O3S. The summed E-state index contributed by atoms with van der Waals surface area (Å²) in [6.07, 6.45) is 0. The molecule has 0 fully saturated rings. The monoisotopic (exact) mass is 234 g/mol. The molecule has 0 bridgehead atoms. The molecule has 0 saturated carbocycles. The number of carboxylic acid groups (broad SMARTS) is 1. The fourth-order valence-corrected chi connectivity index (χ4v) is 2.35. The summed E-state index contributed by atoms with van der Waals surface area (Å²) in [6.45, 7) is 9.40. The molecule has 0 spiro atoms. The lowest BCUT2D eigenvalue weighted by atomic mass is 9.95. The lowest BCUT2D eigenvalue weighted by molar-refractivity contribution is -0.137. The SMILES string of the molecule is CC(C)C(SCC(C)(O)C(C)C)C(=O)O. The maximum Gasteiger partial charge on any atom is 0.316 e. The molecule has 3 nitrogen and oxygen atoms in total. The lowest BCUT2D eigenvalue weighted by Gasteiger charge is -2.29. The number of hydrogen-bond acceptors (Lipinski definition) is 3. The molecule has 4 heteroatoms. The molecule has 0 aromatic heterocycles. The quantitative estimate of drug-likeness (QED) is 0.740. The van der Waals surface area contributed by atoms with Crippen molar-refractivity contribution in [2.45, 2.75) is 45.5 Å². The van der Waals surface area contributed by atoms with Gasteiger partial charge in [0, 0.05) is 5.75 Å². The summed E-state index contributed by atoms with van der Waals surface area (Å²) in [5, 5.41) is 18.5. The predicted octanol–water partition coefficient (Wildman–Crippen LogP) is 2.24. The molecule has 0 radical (unpaired) electrons. The van der Waals surface area contributed by atoms with E-state index in [1.54, 1.807) is 6.92 Å². The third-order valence-electron chi connectivity index (χ3n) is 2.65. The third kappa shape index (κ3) is 4.89. The van der Waals surface area contributed by atoms with Crippen LogP contribution in [0.5, 0.6) is 0 Å². The van der Waals surface area contributed by atoms with Crippen LogP contribution in [-0.2, 0) is 4.79 Å². The van der Waals surface area contributed by atoms with E-state index in [0.717, 1.165) is 0 Å². The van der Waals surface area contributed by atoms with Crippen molar-refractivity contribution < 1.29 is 15.0 Å². The first-order valence-electron chi connectivity index (χ1n) is 5.25. The summed E-state index contributed by atoms with van der Waals surface area (Å²) in [5.41, 5.74) is -0.798. The minimum absolute atomic E-state index is 0.0791. The van der Waals surface area contributed by atoms with Crippen LogP contribution >= 0.6 is 11.8 Å². The number of thioether (sulfide) groups is 1. The van der Waals surface area contributed by atoms with Crippen LogP contribution in [0.25, 0.3) is 0 Å². The van der Waals surface area contributed by atoms with E-state index in [-0.39, 0.29) is 11.8 Å². The first-order chi connectivity index (χ1) is 6.68. The Labute approximate surface area is 96.3 Å². The highest BCUT2D eigenvalue weighted by atomic mass is 32.2. The van der Waals surface area contributed by atoms with Gasteiger partial charge in [-0.25, -0.2) is 0 Å². The highest BCUT2D eigenvalue weighted by Crippen LogP contribution is 2.27. The van der Waals surface area contributed by atoms with E-state index < -0.39 is 16.8 Å². The molecule has 0 aliphatic rings. The third-order valence-corrected chi connectivity index (χ3v) is 4.50. The fraction of sp³-hybridized carbons (Fsp3) is 0.909. The van der Waals surface area contributed by atoms with Gasteiger partial charge < -0.3 is 10.2 Å². The molecule has 2 N–H and O–H groups in total. The van der Waals surface area contributed by atoms with Gasteiger partial charge >= 0.3 is 5.97 Å². The Morgan fingerprint density at radius 1 is 1.33 bits per heavy atom. The summed E-state index contributed by atoms with van der Waals surface area (Å²) < 4.78 is 0. The van der Waals surface area contributed by atoms with E-state index >= 15 is 0 Å². The molecule has 0 rings (SSSR count). The molecule has 90 valence electrons. The van der Waals surface area contributed by atoms with Crippen LogP contribution in [0.1, 0.15) is 34.6 Å². The fourth-order valence-electron chi connectivity index (χ4n) is 0.974. The molecule has 2 atom stereocenters. The molecule has 0 amide bonds. The van der Waals surface area contributed by atoms with Crippen LogP contribution in [-0.4, -0.2) is 32.8 Å². The standard InChI is InChI=1S/C11H22O3S/c1-7(2)9(10(12)13)15-6-11(5,14)8(3)4/h7-9,14H,6H2,1-5H3,(H,12,13). The lowest BCUT2D eigenvalue weighted by Crippen LogP contribution is -2.36. The molecule has 0 aromatic carbocycles. The first kappa shape index (κ1) is 14.8. The highest BCUT2D eigenvalue weighted by molar-refractivity contribution is 8.00. The minimum atomic E-state index is -0.798. The molecule has 2 unspecified atom stereocenters. The topological polar surface area (TPSA) is 57.5 Å². The van der Waals surface area contributed by atoms with E-state index in [4.69, 9.17) is 5.11 Å². The Balaban J connectivity index is 4.28. The van der Waals surface area contributed by atoms with Crippen molar-refractivity contribution in [1.82, 2.24) is 0 Å². The van der Waals surface area contributed by atoms with Gasteiger partial charge in [0.2, 0.25) is 0 Å². The number of hydrogen-bond donors (Lipinski definition) is 2. The molecule has 0 aliphatic heterocycles. The number of carboxylic acids is 1. The van der Waals surface area contributed by atoms with Gasteiger partial charge in [0.25, 0.3) is 0 Å². The highest BCUT2D eigenvalue weighted by Gasteiger charge is 2.29. The first-order valence-corrected chi connectivity index (χ1v) is 6.30. The van der Waals surface area contributed by atoms with Crippen molar-refractivity contribution in [2.24, 2.45) is 11.8 Å². The summed E-state index contributed by atoms with van der Waals surface area (Å²) in [6, 6.07) is 0. The van der Waals surface area contributed by atoms with Crippen molar-refractivity contribution in [3.63, 3.8) is 0 Å². The summed E-state index contributed by atoms with van der Waals surface area (Å²) in [5.74, 6) is -0.128. The van der Waals surface area contributed by atoms with E-state index in [2.05, 4.69) is 0 Å². The normalized spacial score (nSPS) is 17.9. The molecule has 0 heterocycles.